The quantitative estimate of drug-likeness (QED) is 0.841. The third-order valence-corrected chi connectivity index (χ3v) is 2.85. The van der Waals surface area contributed by atoms with Gasteiger partial charge in [-0.15, -0.1) is 0 Å². The van der Waals surface area contributed by atoms with E-state index < -0.39 is 17.2 Å². The maximum Gasteiger partial charge on any atom is 0.258 e. The Morgan fingerprint density at radius 3 is 2.71 bits per heavy atom. The summed E-state index contributed by atoms with van der Waals surface area (Å²) in [7, 11) is 1.73. The average Bonchev–Trinajstić information content (AvgIpc) is 2.27. The molecule has 0 fully saturated rings. The molecule has 0 saturated heterocycles. The van der Waals surface area contributed by atoms with Crippen molar-refractivity contribution in [3.63, 3.8) is 0 Å². The minimum atomic E-state index is -0.841. The van der Waals surface area contributed by atoms with E-state index in [4.69, 9.17) is 0 Å². The number of nitrogens with one attached hydrogen (secondary N) is 2. The number of aromatic nitrogens is 1. The highest BCUT2D eigenvalue weighted by Gasteiger charge is 2.14. The molecule has 0 radical (unpaired) electrons. The zero-order valence-electron chi connectivity index (χ0n) is 9.47. The molecule has 90 valence electrons. The molecule has 1 heterocycles. The summed E-state index contributed by atoms with van der Waals surface area (Å²) >= 11 is 0. The van der Waals surface area contributed by atoms with Crippen LogP contribution in [-0.4, -0.2) is 12.0 Å². The first-order valence-corrected chi connectivity index (χ1v) is 5.22. The van der Waals surface area contributed by atoms with E-state index in [0.29, 0.717) is 17.0 Å². The summed E-state index contributed by atoms with van der Waals surface area (Å²) < 4.78 is 26.8. The Kier molecular flexibility index (Phi) is 2.93. The van der Waals surface area contributed by atoms with E-state index in [1.807, 2.05) is 6.92 Å². The van der Waals surface area contributed by atoms with Crippen molar-refractivity contribution in [1.29, 1.82) is 0 Å². The van der Waals surface area contributed by atoms with Gasteiger partial charge in [-0.1, -0.05) is 0 Å². The van der Waals surface area contributed by atoms with Crippen molar-refractivity contribution in [2.45, 2.75) is 13.0 Å². The van der Waals surface area contributed by atoms with Crippen LogP contribution in [0, 0.1) is 11.6 Å². The molecule has 3 nitrogen and oxygen atoms in total. The Hall–Kier alpha value is -1.75. The van der Waals surface area contributed by atoms with E-state index in [2.05, 4.69) is 10.3 Å². The molecule has 1 aromatic carbocycles. The number of fused-ring (bicyclic) bond motifs is 1. The summed E-state index contributed by atoms with van der Waals surface area (Å²) in [5.74, 6) is -1.53. The molecule has 0 aliphatic heterocycles. The number of pyridine rings is 1. The highest BCUT2D eigenvalue weighted by molar-refractivity contribution is 5.85. The molecule has 1 atom stereocenters. The minimum Gasteiger partial charge on any atom is -0.328 e. The van der Waals surface area contributed by atoms with E-state index >= 15 is 0 Å². The SMILES string of the molecule is CNC(C)c1c[nH]c(=O)c2c(F)cc(F)cc12. The van der Waals surface area contributed by atoms with E-state index in [9.17, 15) is 13.6 Å². The van der Waals surface area contributed by atoms with Gasteiger partial charge in [0.05, 0.1) is 5.39 Å². The minimum absolute atomic E-state index is 0.106. The molecule has 1 aromatic heterocycles. The molecular weight excluding hydrogens is 226 g/mol. The van der Waals surface area contributed by atoms with Gasteiger partial charge in [-0.2, -0.15) is 0 Å². The first-order chi connectivity index (χ1) is 8.04. The fourth-order valence-electron chi connectivity index (χ4n) is 1.84. The first-order valence-electron chi connectivity index (χ1n) is 5.22. The van der Waals surface area contributed by atoms with Gasteiger partial charge in [0.25, 0.3) is 5.56 Å². The number of H-pyrrole nitrogens is 1. The van der Waals surface area contributed by atoms with E-state index in [-0.39, 0.29) is 11.4 Å². The molecule has 0 bridgehead atoms. The highest BCUT2D eigenvalue weighted by Crippen LogP contribution is 2.23. The van der Waals surface area contributed by atoms with Crippen molar-refractivity contribution < 1.29 is 8.78 Å². The van der Waals surface area contributed by atoms with Gasteiger partial charge in [0.2, 0.25) is 0 Å². The Morgan fingerprint density at radius 1 is 1.35 bits per heavy atom. The predicted molar refractivity (Wildman–Crippen MR) is 62.0 cm³/mol. The van der Waals surface area contributed by atoms with E-state index in [1.165, 1.54) is 12.3 Å². The van der Waals surface area contributed by atoms with Gasteiger partial charge < -0.3 is 10.3 Å². The summed E-state index contributed by atoms with van der Waals surface area (Å²) in [5, 5.41) is 3.16. The zero-order valence-corrected chi connectivity index (χ0v) is 9.47. The second-order valence-electron chi connectivity index (χ2n) is 3.89. The second kappa shape index (κ2) is 4.25. The van der Waals surface area contributed by atoms with Crippen LogP contribution in [0.4, 0.5) is 8.78 Å². The maximum atomic E-state index is 13.6. The molecule has 2 rings (SSSR count). The monoisotopic (exact) mass is 238 g/mol. The zero-order chi connectivity index (χ0) is 12.6. The number of hydrogen-bond donors (Lipinski definition) is 2. The lowest BCUT2D eigenvalue weighted by Crippen LogP contribution is -2.17. The number of benzene rings is 1. The van der Waals surface area contributed by atoms with Crippen LogP contribution in [0.15, 0.2) is 23.1 Å². The van der Waals surface area contributed by atoms with Gasteiger partial charge in [-0.05, 0) is 31.0 Å². The molecule has 2 N–H and O–H groups in total. The maximum absolute atomic E-state index is 13.6. The average molecular weight is 238 g/mol. The molecule has 2 aromatic rings. The van der Waals surface area contributed by atoms with E-state index in [1.54, 1.807) is 7.05 Å². The first kappa shape index (κ1) is 11.7. The van der Waals surface area contributed by atoms with Gasteiger partial charge in [-0.25, -0.2) is 8.78 Å². The van der Waals surface area contributed by atoms with Crippen LogP contribution < -0.4 is 10.9 Å². The molecule has 0 aliphatic carbocycles. The van der Waals surface area contributed by atoms with Crippen molar-refractivity contribution in [3.8, 4) is 0 Å². The molecule has 5 heteroatoms. The van der Waals surface area contributed by atoms with E-state index in [0.717, 1.165) is 0 Å². The third-order valence-electron chi connectivity index (χ3n) is 2.85. The summed E-state index contributed by atoms with van der Waals surface area (Å²) in [5.41, 5.74) is 0.102. The lowest BCUT2D eigenvalue weighted by Gasteiger charge is -2.13. The van der Waals surface area contributed by atoms with Crippen LogP contribution in [0.3, 0.4) is 0 Å². The number of rotatable bonds is 2. The molecule has 0 amide bonds. The highest BCUT2D eigenvalue weighted by atomic mass is 19.1. The van der Waals surface area contributed by atoms with Crippen LogP contribution in [0.25, 0.3) is 10.8 Å². The van der Waals surface area contributed by atoms with Gasteiger partial charge in [-0.3, -0.25) is 4.79 Å². The lowest BCUT2D eigenvalue weighted by atomic mass is 10.0. The van der Waals surface area contributed by atoms with Crippen LogP contribution in [-0.2, 0) is 0 Å². The summed E-state index contributed by atoms with van der Waals surface area (Å²) in [6.45, 7) is 1.84. The van der Waals surface area contributed by atoms with Crippen LogP contribution in [0.2, 0.25) is 0 Å². The Bertz CT molecular complexity index is 622. The van der Waals surface area contributed by atoms with Crippen LogP contribution in [0.5, 0.6) is 0 Å². The smallest absolute Gasteiger partial charge is 0.258 e. The van der Waals surface area contributed by atoms with Gasteiger partial charge in [0.15, 0.2) is 0 Å². The fraction of sp³-hybridized carbons (Fsp3) is 0.250. The number of aromatic amines is 1. The lowest BCUT2D eigenvalue weighted by molar-refractivity contribution is 0.590. The molecule has 0 saturated carbocycles. The standard InChI is InChI=1S/C12H12F2N2O/c1-6(15-2)9-5-16-12(17)11-8(9)3-7(13)4-10(11)14/h3-6,15H,1-2H3,(H,16,17). The number of hydrogen-bond acceptors (Lipinski definition) is 2. The van der Waals surface area contributed by atoms with Gasteiger partial charge in [0.1, 0.15) is 11.6 Å². The van der Waals surface area contributed by atoms with Gasteiger partial charge in [0, 0.05) is 18.3 Å². The molecule has 0 aliphatic rings. The van der Waals surface area contributed by atoms with Crippen LogP contribution in [0.1, 0.15) is 18.5 Å². The van der Waals surface area contributed by atoms with Crippen LogP contribution >= 0.6 is 0 Å². The van der Waals surface area contributed by atoms with Crippen molar-refractivity contribution >= 4 is 10.8 Å². The Balaban J connectivity index is 2.89. The second-order valence-corrected chi connectivity index (χ2v) is 3.89. The van der Waals surface area contributed by atoms with Crippen molar-refractivity contribution in [3.05, 3.63) is 45.9 Å². The van der Waals surface area contributed by atoms with Crippen molar-refractivity contribution in [2.75, 3.05) is 7.05 Å². The van der Waals surface area contributed by atoms with Crippen molar-refractivity contribution in [1.82, 2.24) is 10.3 Å². The summed E-state index contributed by atoms with van der Waals surface area (Å²) in [6.07, 6.45) is 1.48. The largest absolute Gasteiger partial charge is 0.328 e. The number of halogens is 2. The molecular formula is C12H12F2N2O. The summed E-state index contributed by atoms with van der Waals surface area (Å²) in [6, 6.07) is 1.78. The normalized spacial score (nSPS) is 12.9. The Labute approximate surface area is 96.5 Å². The van der Waals surface area contributed by atoms with Crippen molar-refractivity contribution in [2.24, 2.45) is 0 Å². The molecule has 1 unspecified atom stereocenters. The topological polar surface area (TPSA) is 44.9 Å². The fourth-order valence-corrected chi connectivity index (χ4v) is 1.84. The van der Waals surface area contributed by atoms with Gasteiger partial charge >= 0.3 is 0 Å². The summed E-state index contributed by atoms with van der Waals surface area (Å²) in [4.78, 5) is 14.0. The predicted octanol–water partition coefficient (Wildman–Crippen LogP) is 2.09. The molecule has 17 heavy (non-hydrogen) atoms. The Morgan fingerprint density at radius 2 is 2.06 bits per heavy atom. The third kappa shape index (κ3) is 1.93. The molecule has 0 spiro atoms.